The van der Waals surface area contributed by atoms with E-state index in [-0.39, 0.29) is 18.0 Å². The van der Waals surface area contributed by atoms with Crippen LogP contribution in [0.1, 0.15) is 42.9 Å². The number of benzene rings is 1. The molecular weight excluding hydrogens is 402 g/mol. The number of para-hydroxylation sites is 1. The Hall–Kier alpha value is -3.07. The fourth-order valence-electron chi connectivity index (χ4n) is 3.82. The highest BCUT2D eigenvalue weighted by molar-refractivity contribution is 5.96. The molecule has 1 amide bonds. The molecule has 0 radical (unpaired) electrons. The van der Waals surface area contributed by atoms with Crippen LogP contribution in [0.25, 0.3) is 5.69 Å². The number of amides is 1. The number of nitrogens with zero attached hydrogens (tertiary/aromatic N) is 3. The Labute approximate surface area is 181 Å². The van der Waals surface area contributed by atoms with Crippen LogP contribution in [0.3, 0.4) is 0 Å². The highest BCUT2D eigenvalue weighted by atomic mass is 16.5. The Bertz CT molecular complexity index is 981. The zero-order valence-corrected chi connectivity index (χ0v) is 18.4. The Morgan fingerprint density at radius 2 is 1.90 bits per heavy atom. The highest BCUT2D eigenvalue weighted by Crippen LogP contribution is 2.33. The summed E-state index contributed by atoms with van der Waals surface area (Å²) < 4.78 is 17.6. The highest BCUT2D eigenvalue weighted by Gasteiger charge is 2.32. The molecule has 31 heavy (non-hydrogen) atoms. The first-order chi connectivity index (χ1) is 15.0. The van der Waals surface area contributed by atoms with Crippen LogP contribution in [-0.2, 0) is 11.3 Å². The van der Waals surface area contributed by atoms with Crippen LogP contribution in [0.2, 0.25) is 0 Å². The van der Waals surface area contributed by atoms with Gasteiger partial charge in [0.15, 0.2) is 5.56 Å². The molecule has 9 nitrogen and oxygen atoms in total. The fourth-order valence-corrected chi connectivity index (χ4v) is 3.82. The minimum Gasteiger partial charge on any atom is -0.494 e. The molecule has 3 rings (SSSR count). The maximum Gasteiger partial charge on any atom is 0.275 e. The van der Waals surface area contributed by atoms with Gasteiger partial charge in [-0.15, -0.1) is 0 Å². The van der Waals surface area contributed by atoms with E-state index in [1.807, 2.05) is 0 Å². The number of aromatic nitrogens is 2. The van der Waals surface area contributed by atoms with E-state index < -0.39 is 17.3 Å². The predicted molar refractivity (Wildman–Crippen MR) is 114 cm³/mol. The van der Waals surface area contributed by atoms with Crippen molar-refractivity contribution in [2.45, 2.75) is 33.3 Å². The summed E-state index contributed by atoms with van der Waals surface area (Å²) in [6.07, 6.45) is 1.82. The van der Waals surface area contributed by atoms with Gasteiger partial charge in [0.05, 0.1) is 14.2 Å². The number of aromatic hydroxyl groups is 1. The van der Waals surface area contributed by atoms with Gasteiger partial charge in [-0.05, 0) is 31.4 Å². The number of likely N-dealkylation sites (tertiary alicyclic amines) is 1. The van der Waals surface area contributed by atoms with Crippen molar-refractivity contribution in [1.82, 2.24) is 14.5 Å². The number of carbonyl (C=O) groups is 1. The second-order valence-corrected chi connectivity index (χ2v) is 7.33. The number of ether oxygens (including phenoxy) is 3. The summed E-state index contributed by atoms with van der Waals surface area (Å²) >= 11 is 0. The molecule has 1 N–H and O–H groups in total. The predicted octanol–water partition coefficient (Wildman–Crippen LogP) is 2.36. The lowest BCUT2D eigenvalue weighted by atomic mass is 10.1. The topological polar surface area (TPSA) is 103 Å². The molecule has 2 aromatic rings. The second kappa shape index (κ2) is 9.82. The van der Waals surface area contributed by atoms with E-state index in [1.165, 1.54) is 18.8 Å². The van der Waals surface area contributed by atoms with Gasteiger partial charge in [-0.1, -0.05) is 19.4 Å². The summed E-state index contributed by atoms with van der Waals surface area (Å²) in [6.45, 7) is 5.30. The average Bonchev–Trinajstić information content (AvgIpc) is 3.26. The summed E-state index contributed by atoms with van der Waals surface area (Å²) in [7, 11) is 2.95. The lowest BCUT2D eigenvalue weighted by Crippen LogP contribution is -2.37. The summed E-state index contributed by atoms with van der Waals surface area (Å²) in [5.74, 6) is 0.102. The van der Waals surface area contributed by atoms with E-state index in [9.17, 15) is 14.7 Å². The Morgan fingerprint density at radius 1 is 1.23 bits per heavy atom. The molecule has 1 aromatic heterocycles. The van der Waals surface area contributed by atoms with Gasteiger partial charge in [-0.3, -0.25) is 14.2 Å². The molecule has 9 heteroatoms. The van der Waals surface area contributed by atoms with Gasteiger partial charge in [-0.2, -0.15) is 4.98 Å². The van der Waals surface area contributed by atoms with Crippen molar-refractivity contribution in [3.8, 4) is 23.1 Å². The van der Waals surface area contributed by atoms with Crippen LogP contribution in [0, 0.1) is 5.92 Å². The maximum absolute atomic E-state index is 13.6. The van der Waals surface area contributed by atoms with Gasteiger partial charge < -0.3 is 24.2 Å². The second-order valence-electron chi connectivity index (χ2n) is 7.33. The maximum atomic E-state index is 13.6. The SMILES string of the molecule is CCOCc1nc(O)c(C(=O)N2CC[C@@H](CC)C2)c(=O)n1-c1c(OC)cccc1OC. The van der Waals surface area contributed by atoms with Crippen LogP contribution in [0.15, 0.2) is 23.0 Å². The first-order valence-electron chi connectivity index (χ1n) is 10.4. The number of hydrogen-bond donors (Lipinski definition) is 1. The zero-order valence-electron chi connectivity index (χ0n) is 18.4. The van der Waals surface area contributed by atoms with Crippen LogP contribution in [0.4, 0.5) is 0 Å². The molecule has 1 saturated heterocycles. The van der Waals surface area contributed by atoms with Crippen molar-refractivity contribution in [1.29, 1.82) is 0 Å². The standard InChI is InChI=1S/C22H29N3O6/c1-5-14-10-11-24(12-14)21(27)18-20(26)23-17(13-31-6-2)25(22(18)28)19-15(29-3)8-7-9-16(19)30-4/h7-9,14,26H,5-6,10-13H2,1-4H3/t14-/m1/s1. The molecule has 0 unspecified atom stereocenters. The van der Waals surface area contributed by atoms with Crippen LogP contribution < -0.4 is 15.0 Å². The quantitative estimate of drug-likeness (QED) is 0.684. The van der Waals surface area contributed by atoms with Crippen molar-refractivity contribution in [3.63, 3.8) is 0 Å². The van der Waals surface area contributed by atoms with Crippen LogP contribution >= 0.6 is 0 Å². The number of rotatable bonds is 8. The molecule has 2 heterocycles. The minimum absolute atomic E-state index is 0.0450. The average molecular weight is 431 g/mol. The van der Waals surface area contributed by atoms with E-state index in [0.717, 1.165) is 12.8 Å². The first kappa shape index (κ1) is 22.6. The molecule has 0 aliphatic carbocycles. The summed E-state index contributed by atoms with van der Waals surface area (Å²) in [6, 6.07) is 5.08. The van der Waals surface area contributed by atoms with E-state index in [1.54, 1.807) is 30.0 Å². The molecular formula is C22H29N3O6. The smallest absolute Gasteiger partial charge is 0.275 e. The number of carbonyl (C=O) groups excluding carboxylic acids is 1. The van der Waals surface area contributed by atoms with Crippen LogP contribution in [0.5, 0.6) is 17.4 Å². The zero-order chi connectivity index (χ0) is 22.5. The normalized spacial score (nSPS) is 15.9. The van der Waals surface area contributed by atoms with E-state index in [0.29, 0.717) is 42.8 Å². The number of hydrogen-bond acceptors (Lipinski definition) is 7. The molecule has 1 aromatic carbocycles. The fraction of sp³-hybridized carbons (Fsp3) is 0.500. The largest absolute Gasteiger partial charge is 0.494 e. The lowest BCUT2D eigenvalue weighted by molar-refractivity contribution is 0.0779. The van der Waals surface area contributed by atoms with E-state index >= 15 is 0 Å². The Balaban J connectivity index is 2.22. The van der Waals surface area contributed by atoms with Crippen LogP contribution in [-0.4, -0.2) is 59.4 Å². The van der Waals surface area contributed by atoms with Gasteiger partial charge in [0, 0.05) is 19.7 Å². The van der Waals surface area contributed by atoms with E-state index in [2.05, 4.69) is 11.9 Å². The molecule has 1 aliphatic rings. The van der Waals surface area contributed by atoms with Crippen molar-refractivity contribution in [3.05, 3.63) is 39.9 Å². The Kier molecular flexibility index (Phi) is 7.17. The summed E-state index contributed by atoms with van der Waals surface area (Å²) in [5.41, 5.74) is -0.776. The van der Waals surface area contributed by atoms with Crippen molar-refractivity contribution in [2.24, 2.45) is 5.92 Å². The third-order valence-electron chi connectivity index (χ3n) is 5.56. The monoisotopic (exact) mass is 431 g/mol. The molecule has 0 saturated carbocycles. The third kappa shape index (κ3) is 4.36. The number of methoxy groups -OCH3 is 2. The van der Waals surface area contributed by atoms with Gasteiger partial charge in [0.25, 0.3) is 11.5 Å². The van der Waals surface area contributed by atoms with Crippen molar-refractivity contribution < 1.29 is 24.1 Å². The van der Waals surface area contributed by atoms with Crippen molar-refractivity contribution in [2.75, 3.05) is 33.9 Å². The van der Waals surface area contributed by atoms with E-state index in [4.69, 9.17) is 14.2 Å². The third-order valence-corrected chi connectivity index (χ3v) is 5.56. The summed E-state index contributed by atoms with van der Waals surface area (Å²) in [4.78, 5) is 32.6. The summed E-state index contributed by atoms with van der Waals surface area (Å²) in [5, 5.41) is 10.6. The molecule has 0 bridgehead atoms. The molecule has 1 aliphatic heterocycles. The molecule has 1 atom stereocenters. The lowest BCUT2D eigenvalue weighted by Gasteiger charge is -2.21. The molecule has 1 fully saturated rings. The molecule has 0 spiro atoms. The first-order valence-corrected chi connectivity index (χ1v) is 10.4. The van der Waals surface area contributed by atoms with Gasteiger partial charge in [0.2, 0.25) is 5.88 Å². The molecule has 168 valence electrons. The van der Waals surface area contributed by atoms with Gasteiger partial charge >= 0.3 is 0 Å². The minimum atomic E-state index is -0.699. The van der Waals surface area contributed by atoms with Crippen molar-refractivity contribution >= 4 is 5.91 Å². The van der Waals surface area contributed by atoms with Gasteiger partial charge in [0.1, 0.15) is 29.6 Å². The Morgan fingerprint density at radius 3 is 2.45 bits per heavy atom. The van der Waals surface area contributed by atoms with Gasteiger partial charge in [-0.25, -0.2) is 0 Å².